The minimum Gasteiger partial charge on any atom is -0.463 e. The number of methoxy groups -OCH3 is 1. The molecule has 0 amide bonds. The zero-order valence-electron chi connectivity index (χ0n) is 16.1. The second-order valence-corrected chi connectivity index (χ2v) is 5.35. The summed E-state index contributed by atoms with van der Waals surface area (Å²) in [7, 11) is 1.21. The van der Waals surface area contributed by atoms with Gasteiger partial charge in [-0.1, -0.05) is 0 Å². The maximum atomic E-state index is 11.5. The monoisotopic (exact) mass is 321 g/mol. The Hall–Kier alpha value is -1.22. The molecule has 0 spiro atoms. The summed E-state index contributed by atoms with van der Waals surface area (Å²) in [4.78, 5) is 22.7. The molecule has 8 heteroatoms. The molecule has 2 aliphatic heterocycles. The van der Waals surface area contributed by atoms with Gasteiger partial charge in [0.25, 0.3) is 0 Å². The lowest BCUT2D eigenvalue weighted by Gasteiger charge is -2.40. The predicted molar refractivity (Wildman–Crippen MR) is 71.7 cm³/mol. The molecule has 22 heavy (non-hydrogen) atoms. The van der Waals surface area contributed by atoms with E-state index >= 15 is 0 Å². The zero-order valence-corrected chi connectivity index (χ0v) is 13.1. The van der Waals surface area contributed by atoms with Crippen LogP contribution in [0.25, 0.3) is 0 Å². The number of hydrogen-bond donors (Lipinski definition) is 0. The van der Waals surface area contributed by atoms with E-state index in [0.717, 1.165) is 13.8 Å². The first-order valence-corrected chi connectivity index (χ1v) is 6.75. The number of hydrogen-bond acceptors (Lipinski definition) is 8. The molecule has 2 fully saturated rings. The Balaban J connectivity index is 2.44. The molecule has 0 unspecified atom stereocenters. The normalized spacial score (nSPS) is 42.5. The molecule has 0 aromatic heterocycles. The minimum absolute atomic E-state index is 0.769. The van der Waals surface area contributed by atoms with Gasteiger partial charge in [0.2, 0.25) is 0 Å². The quantitative estimate of drug-likeness (QED) is 0.686. The molecule has 126 valence electrons. The number of rotatable bonds is 4. The summed E-state index contributed by atoms with van der Waals surface area (Å²) in [5.74, 6) is -2.84. The molecule has 8 nitrogen and oxygen atoms in total. The Kier molecular flexibility index (Phi) is 3.91. The van der Waals surface area contributed by atoms with Crippen molar-refractivity contribution in [2.45, 2.75) is 64.2 Å². The van der Waals surface area contributed by atoms with Gasteiger partial charge in [-0.15, -0.1) is 0 Å². The van der Waals surface area contributed by atoms with Crippen LogP contribution in [-0.2, 0) is 38.0 Å². The Bertz CT molecular complexity index is 554. The van der Waals surface area contributed by atoms with Crippen LogP contribution < -0.4 is 0 Å². The van der Waals surface area contributed by atoms with Crippen LogP contribution in [0.15, 0.2) is 0 Å². The molecule has 5 atom stereocenters. The highest BCUT2D eigenvalue weighted by molar-refractivity contribution is 5.66. The van der Waals surface area contributed by atoms with Crippen molar-refractivity contribution in [2.24, 2.45) is 0 Å². The van der Waals surface area contributed by atoms with Crippen LogP contribution in [0.4, 0.5) is 0 Å². The Morgan fingerprint density at radius 1 is 1.23 bits per heavy atom. The van der Waals surface area contributed by atoms with E-state index in [1.165, 1.54) is 7.11 Å². The van der Waals surface area contributed by atoms with Crippen molar-refractivity contribution in [3.8, 4) is 0 Å². The summed E-state index contributed by atoms with van der Waals surface area (Å²) in [6.45, 7) is 2.69. The van der Waals surface area contributed by atoms with Crippen LogP contribution in [0.3, 0.4) is 0 Å². The summed E-state index contributed by atoms with van der Waals surface area (Å²) >= 11 is 0. The van der Waals surface area contributed by atoms with Crippen molar-refractivity contribution in [3.63, 3.8) is 0 Å². The van der Waals surface area contributed by atoms with E-state index in [4.69, 9.17) is 32.5 Å². The van der Waals surface area contributed by atoms with Crippen molar-refractivity contribution < 1.29 is 42.1 Å². The highest BCUT2D eigenvalue weighted by atomic mass is 16.8. The fourth-order valence-electron chi connectivity index (χ4n) is 2.32. The first-order chi connectivity index (χ1) is 11.3. The maximum Gasteiger partial charge on any atom is 0.303 e. The lowest BCUT2D eigenvalue weighted by Crippen LogP contribution is -2.59. The van der Waals surface area contributed by atoms with E-state index in [1.807, 2.05) is 0 Å². The van der Waals surface area contributed by atoms with Crippen molar-refractivity contribution in [3.05, 3.63) is 0 Å². The average Bonchev–Trinajstić information content (AvgIpc) is 2.73. The van der Waals surface area contributed by atoms with Crippen LogP contribution in [0.5, 0.6) is 0 Å². The molecule has 2 heterocycles. The van der Waals surface area contributed by atoms with E-state index in [2.05, 4.69) is 0 Å². The molecule has 0 N–H and O–H groups in total. The summed E-state index contributed by atoms with van der Waals surface area (Å²) in [5.41, 5.74) is 0. The second-order valence-electron chi connectivity index (χ2n) is 5.35. The van der Waals surface area contributed by atoms with E-state index in [1.54, 1.807) is 13.8 Å². The summed E-state index contributed by atoms with van der Waals surface area (Å²) in [5, 5.41) is 0. The second kappa shape index (κ2) is 6.49. The highest BCUT2D eigenvalue weighted by Gasteiger charge is 2.57. The van der Waals surface area contributed by atoms with Gasteiger partial charge in [0.15, 0.2) is 18.2 Å². The van der Waals surface area contributed by atoms with Crippen molar-refractivity contribution >= 4 is 11.9 Å². The Morgan fingerprint density at radius 3 is 2.41 bits per heavy atom. The van der Waals surface area contributed by atoms with Crippen molar-refractivity contribution in [2.75, 3.05) is 13.7 Å². The van der Waals surface area contributed by atoms with E-state index in [0.29, 0.717) is 0 Å². The Morgan fingerprint density at radius 2 is 1.86 bits per heavy atom. The van der Waals surface area contributed by atoms with E-state index < -0.39 is 55.0 Å². The molecule has 0 aliphatic carbocycles. The van der Waals surface area contributed by atoms with Crippen molar-refractivity contribution in [1.29, 1.82) is 0 Å². The van der Waals surface area contributed by atoms with E-state index in [-0.39, 0.29) is 0 Å². The fourth-order valence-corrected chi connectivity index (χ4v) is 2.32. The molecule has 2 saturated heterocycles. The third-order valence-corrected chi connectivity index (χ3v) is 3.00. The average molecular weight is 321 g/mol. The Labute approximate surface area is 133 Å². The summed E-state index contributed by atoms with van der Waals surface area (Å²) < 4.78 is 56.2. The summed E-state index contributed by atoms with van der Waals surface area (Å²) in [6, 6.07) is 0. The standard InChI is InChI=1S/C14H22O8/c1-7(15)18-6-9-10-11(22-14(3,4)21-10)12(19-8(2)16)13(17-5)20-9/h9-13H,6H2,1-5H3/t9-,10-,11+,12-,13+/m1/s1/i6D2,12D. The number of esters is 2. The zero-order chi connectivity index (χ0) is 19.2. The van der Waals surface area contributed by atoms with Crippen LogP contribution >= 0.6 is 0 Å². The molecule has 0 bridgehead atoms. The highest BCUT2D eigenvalue weighted by Crippen LogP contribution is 2.38. The summed E-state index contributed by atoms with van der Waals surface area (Å²) in [6.07, 6.45) is -7.52. The topological polar surface area (TPSA) is 89.5 Å². The van der Waals surface area contributed by atoms with Gasteiger partial charge < -0.3 is 28.4 Å². The van der Waals surface area contributed by atoms with Gasteiger partial charge in [-0.2, -0.15) is 0 Å². The van der Waals surface area contributed by atoms with Crippen LogP contribution in [0.2, 0.25) is 0 Å². The minimum atomic E-state index is -2.59. The van der Waals surface area contributed by atoms with Gasteiger partial charge in [-0.25, -0.2) is 0 Å². The third-order valence-electron chi connectivity index (χ3n) is 3.00. The first kappa shape index (κ1) is 13.2. The number of ether oxygens (including phenoxy) is 6. The number of carbonyl (C=O) groups excluding carboxylic acids is 2. The SMILES string of the molecule is [2H]C([2H])(OC(C)=O)[C@H]1O[C@H](OC)[C@]([2H])(OC(C)=O)[C@H]2OC(C)(C)O[C@H]12. The molecule has 0 aromatic rings. The molecular weight excluding hydrogens is 296 g/mol. The van der Waals surface area contributed by atoms with Crippen LogP contribution in [0.1, 0.15) is 31.8 Å². The lowest BCUT2D eigenvalue weighted by atomic mass is 9.99. The molecule has 0 saturated carbocycles. The number of carbonyl (C=O) groups is 2. The van der Waals surface area contributed by atoms with Gasteiger partial charge in [0.1, 0.15) is 24.9 Å². The van der Waals surface area contributed by atoms with Gasteiger partial charge in [0, 0.05) is 21.0 Å². The van der Waals surface area contributed by atoms with Crippen LogP contribution in [0, 0.1) is 0 Å². The largest absolute Gasteiger partial charge is 0.463 e. The lowest BCUT2D eigenvalue weighted by molar-refractivity contribution is -0.279. The fraction of sp³-hybridized carbons (Fsp3) is 0.857. The van der Waals surface area contributed by atoms with Crippen molar-refractivity contribution in [1.82, 2.24) is 0 Å². The van der Waals surface area contributed by atoms with Gasteiger partial charge in [-0.3, -0.25) is 9.59 Å². The van der Waals surface area contributed by atoms with E-state index in [9.17, 15) is 9.59 Å². The molecule has 2 rings (SSSR count). The first-order valence-electron chi connectivity index (χ1n) is 8.25. The molecule has 2 aliphatic rings. The molecular formula is C14H22O8. The predicted octanol–water partition coefficient (Wildman–Crippen LogP) is 0.373. The van der Waals surface area contributed by atoms with Gasteiger partial charge in [-0.05, 0) is 13.8 Å². The number of fused-ring (bicyclic) bond motifs is 1. The smallest absolute Gasteiger partial charge is 0.303 e. The van der Waals surface area contributed by atoms with Crippen LogP contribution in [-0.4, -0.2) is 62.1 Å². The maximum absolute atomic E-state index is 11.5. The van der Waals surface area contributed by atoms with Gasteiger partial charge >= 0.3 is 11.9 Å². The van der Waals surface area contributed by atoms with Gasteiger partial charge in [0.05, 0.1) is 4.11 Å². The molecule has 0 radical (unpaired) electrons. The molecule has 0 aromatic carbocycles. The third kappa shape index (κ3) is 3.75.